The molecule has 4 nitrogen and oxygen atoms in total. The average molecular weight is 375 g/mol. The third-order valence-electron chi connectivity index (χ3n) is 3.55. The predicted octanol–water partition coefficient (Wildman–Crippen LogP) is 4.84. The third-order valence-corrected chi connectivity index (χ3v) is 4.10. The second-order valence-electron chi connectivity index (χ2n) is 5.61. The highest BCUT2D eigenvalue weighted by Gasteiger charge is 2.06. The van der Waals surface area contributed by atoms with Gasteiger partial charge in [0, 0.05) is 16.9 Å². The molecule has 0 radical (unpaired) electrons. The molecule has 1 aromatic heterocycles. The Balaban J connectivity index is 1.61. The largest absolute Gasteiger partial charge is 0.332 e. The maximum absolute atomic E-state index is 13.1. The minimum Gasteiger partial charge on any atom is -0.332 e. The molecular weight excluding hydrogens is 359 g/mol. The summed E-state index contributed by atoms with van der Waals surface area (Å²) in [5.41, 5.74) is 3.64. The van der Waals surface area contributed by atoms with Crippen LogP contribution in [0.25, 0.3) is 0 Å². The van der Waals surface area contributed by atoms with Crippen molar-refractivity contribution < 1.29 is 4.39 Å². The molecule has 0 fully saturated rings. The Morgan fingerprint density at radius 3 is 2.60 bits per heavy atom. The summed E-state index contributed by atoms with van der Waals surface area (Å²) in [5, 5.41) is 11.3. The van der Waals surface area contributed by atoms with E-state index >= 15 is 0 Å². The summed E-state index contributed by atoms with van der Waals surface area (Å²) in [7, 11) is 0. The Hall–Kier alpha value is -2.44. The number of aromatic nitrogens is 2. The summed E-state index contributed by atoms with van der Waals surface area (Å²) in [4.78, 5) is 0. The lowest BCUT2D eigenvalue weighted by Gasteiger charge is -2.09. The van der Waals surface area contributed by atoms with Crippen molar-refractivity contribution in [3.8, 4) is 0 Å². The Morgan fingerprint density at radius 2 is 1.88 bits per heavy atom. The quantitative estimate of drug-likeness (QED) is 0.641. The van der Waals surface area contributed by atoms with Crippen LogP contribution in [-0.4, -0.2) is 14.9 Å². The van der Waals surface area contributed by atoms with E-state index in [0.29, 0.717) is 16.7 Å². The zero-order valence-electron chi connectivity index (χ0n) is 13.5. The molecule has 2 N–H and O–H groups in total. The average Bonchev–Trinajstić information content (AvgIpc) is 2.99. The first-order valence-corrected chi connectivity index (χ1v) is 8.39. The summed E-state index contributed by atoms with van der Waals surface area (Å²) in [6.07, 6.45) is 3.48. The number of rotatable bonds is 4. The molecule has 0 saturated carbocycles. The van der Waals surface area contributed by atoms with Crippen LogP contribution in [0.4, 0.5) is 15.8 Å². The first kappa shape index (κ1) is 17.4. The third kappa shape index (κ3) is 4.78. The summed E-state index contributed by atoms with van der Waals surface area (Å²) in [6.45, 7) is 2.47. The minimum atomic E-state index is -0.357. The number of hydrogen-bond donors (Lipinski definition) is 2. The van der Waals surface area contributed by atoms with Crippen molar-refractivity contribution in [2.24, 2.45) is 0 Å². The molecule has 0 saturated heterocycles. The Morgan fingerprint density at radius 1 is 1.16 bits per heavy atom. The first-order chi connectivity index (χ1) is 12.0. The van der Waals surface area contributed by atoms with Gasteiger partial charge in [-0.3, -0.25) is 4.68 Å². The van der Waals surface area contributed by atoms with Gasteiger partial charge in [0.2, 0.25) is 0 Å². The fraction of sp³-hybridized carbons (Fsp3) is 0.111. The highest BCUT2D eigenvalue weighted by molar-refractivity contribution is 7.80. The van der Waals surface area contributed by atoms with Gasteiger partial charge in [-0.05, 0) is 49.0 Å². The summed E-state index contributed by atoms with van der Waals surface area (Å²) >= 11 is 11.3. The second kappa shape index (κ2) is 7.63. The van der Waals surface area contributed by atoms with Crippen molar-refractivity contribution >= 4 is 40.3 Å². The van der Waals surface area contributed by atoms with E-state index in [9.17, 15) is 4.39 Å². The van der Waals surface area contributed by atoms with E-state index in [4.69, 9.17) is 23.8 Å². The molecule has 0 atom stereocenters. The molecule has 2 aromatic carbocycles. The van der Waals surface area contributed by atoms with Crippen molar-refractivity contribution in [2.75, 3.05) is 10.6 Å². The molecule has 0 aliphatic heterocycles. The van der Waals surface area contributed by atoms with E-state index in [1.54, 1.807) is 16.9 Å². The van der Waals surface area contributed by atoms with Crippen molar-refractivity contribution in [2.45, 2.75) is 13.5 Å². The lowest BCUT2D eigenvalue weighted by molar-refractivity contribution is 0.624. The van der Waals surface area contributed by atoms with Gasteiger partial charge in [-0.25, -0.2) is 4.39 Å². The van der Waals surface area contributed by atoms with Gasteiger partial charge in [-0.15, -0.1) is 0 Å². The lowest BCUT2D eigenvalue weighted by Crippen LogP contribution is -2.18. The van der Waals surface area contributed by atoms with Crippen LogP contribution in [-0.2, 0) is 6.54 Å². The molecule has 3 rings (SSSR count). The van der Waals surface area contributed by atoms with Crippen LogP contribution in [0, 0.1) is 12.7 Å². The van der Waals surface area contributed by atoms with Crippen LogP contribution in [0.15, 0.2) is 54.9 Å². The Labute approximate surface area is 155 Å². The molecule has 0 bridgehead atoms. The fourth-order valence-corrected chi connectivity index (χ4v) is 2.73. The molecule has 3 aromatic rings. The van der Waals surface area contributed by atoms with Gasteiger partial charge >= 0.3 is 0 Å². The monoisotopic (exact) mass is 374 g/mol. The SMILES string of the molecule is Cc1ccc(NC(=S)Nc2cnn(Cc3ccc(F)cc3Cl)c2)cc1. The summed E-state index contributed by atoms with van der Waals surface area (Å²) in [6, 6.07) is 12.3. The van der Waals surface area contributed by atoms with Crippen LogP contribution in [0.5, 0.6) is 0 Å². The van der Waals surface area contributed by atoms with Crippen molar-refractivity contribution in [1.29, 1.82) is 0 Å². The zero-order chi connectivity index (χ0) is 17.8. The second-order valence-corrected chi connectivity index (χ2v) is 6.42. The Kier molecular flexibility index (Phi) is 5.31. The molecule has 128 valence electrons. The van der Waals surface area contributed by atoms with Crippen LogP contribution < -0.4 is 10.6 Å². The molecule has 7 heteroatoms. The van der Waals surface area contributed by atoms with E-state index in [1.165, 1.54) is 17.7 Å². The van der Waals surface area contributed by atoms with E-state index in [0.717, 1.165) is 16.9 Å². The van der Waals surface area contributed by atoms with Crippen molar-refractivity contribution in [3.63, 3.8) is 0 Å². The molecule has 0 spiro atoms. The first-order valence-electron chi connectivity index (χ1n) is 7.61. The van der Waals surface area contributed by atoms with Crippen molar-refractivity contribution in [3.05, 3.63) is 76.8 Å². The number of thiocarbonyl (C=S) groups is 1. The van der Waals surface area contributed by atoms with Gasteiger partial charge in [0.15, 0.2) is 5.11 Å². The molecular formula is C18H16ClFN4S. The predicted molar refractivity (Wildman–Crippen MR) is 104 cm³/mol. The van der Waals surface area contributed by atoms with Crippen molar-refractivity contribution in [1.82, 2.24) is 9.78 Å². The fourth-order valence-electron chi connectivity index (χ4n) is 2.27. The van der Waals surface area contributed by atoms with E-state index in [2.05, 4.69) is 15.7 Å². The zero-order valence-corrected chi connectivity index (χ0v) is 15.0. The van der Waals surface area contributed by atoms with Gasteiger partial charge in [0.1, 0.15) is 5.82 Å². The smallest absolute Gasteiger partial charge is 0.175 e. The highest BCUT2D eigenvalue weighted by atomic mass is 35.5. The number of nitrogens with zero attached hydrogens (tertiary/aromatic N) is 2. The number of anilines is 2. The maximum atomic E-state index is 13.1. The molecule has 0 aliphatic rings. The van der Waals surface area contributed by atoms with Crippen LogP contribution >= 0.6 is 23.8 Å². The van der Waals surface area contributed by atoms with Crippen LogP contribution in [0.1, 0.15) is 11.1 Å². The summed E-state index contributed by atoms with van der Waals surface area (Å²) in [5.74, 6) is -0.357. The number of benzene rings is 2. The number of hydrogen-bond acceptors (Lipinski definition) is 2. The molecule has 0 amide bonds. The van der Waals surface area contributed by atoms with Gasteiger partial charge in [-0.2, -0.15) is 5.10 Å². The van der Waals surface area contributed by atoms with Crippen LogP contribution in [0.3, 0.4) is 0 Å². The van der Waals surface area contributed by atoms with Gasteiger partial charge in [0.05, 0.1) is 18.4 Å². The van der Waals surface area contributed by atoms with Gasteiger partial charge in [0.25, 0.3) is 0 Å². The molecule has 0 aliphatic carbocycles. The number of halogens is 2. The van der Waals surface area contributed by atoms with Gasteiger partial charge < -0.3 is 10.6 Å². The minimum absolute atomic E-state index is 0.357. The lowest BCUT2D eigenvalue weighted by atomic mass is 10.2. The van der Waals surface area contributed by atoms with E-state index in [-0.39, 0.29) is 5.82 Å². The van der Waals surface area contributed by atoms with Crippen LogP contribution in [0.2, 0.25) is 5.02 Å². The normalized spacial score (nSPS) is 10.5. The Bertz CT molecular complexity index is 892. The van der Waals surface area contributed by atoms with Gasteiger partial charge in [-0.1, -0.05) is 35.4 Å². The number of aryl methyl sites for hydroxylation is 1. The van der Waals surface area contributed by atoms with E-state index in [1.807, 2.05) is 37.4 Å². The molecule has 25 heavy (non-hydrogen) atoms. The maximum Gasteiger partial charge on any atom is 0.175 e. The molecule has 0 unspecified atom stereocenters. The number of nitrogens with one attached hydrogen (secondary N) is 2. The summed E-state index contributed by atoms with van der Waals surface area (Å²) < 4.78 is 14.8. The topological polar surface area (TPSA) is 41.9 Å². The highest BCUT2D eigenvalue weighted by Crippen LogP contribution is 2.19. The molecule has 1 heterocycles. The standard InChI is InChI=1S/C18H16ClFN4S/c1-12-2-6-15(7-3-12)22-18(25)23-16-9-21-24(11-16)10-13-4-5-14(20)8-17(13)19/h2-9,11H,10H2,1H3,(H2,22,23,25). The van der Waals surface area contributed by atoms with E-state index < -0.39 is 0 Å².